The van der Waals surface area contributed by atoms with Crippen molar-refractivity contribution in [3.05, 3.63) is 53.4 Å². The molecule has 3 rings (SSSR count). The number of benzene rings is 1. The number of cyclic esters (lactones) is 1. The first kappa shape index (κ1) is 13.8. The molecule has 2 heterocycles. The van der Waals surface area contributed by atoms with E-state index in [1.54, 1.807) is 6.07 Å². The van der Waals surface area contributed by atoms with Crippen LogP contribution in [0.5, 0.6) is 0 Å². The van der Waals surface area contributed by atoms with Crippen LogP contribution in [0.25, 0.3) is 0 Å². The fourth-order valence-corrected chi connectivity index (χ4v) is 2.76. The number of ether oxygens (including phenoxy) is 1. The average molecular weight is 304 g/mol. The minimum absolute atomic E-state index is 0.0943. The number of hydrogen-bond donors (Lipinski definition) is 0. The number of hydrogen-bond acceptors (Lipinski definition) is 4. The molecule has 1 fully saturated rings. The van der Waals surface area contributed by atoms with Crippen molar-refractivity contribution >= 4 is 23.5 Å². The van der Waals surface area contributed by atoms with Gasteiger partial charge in [0.1, 0.15) is 17.5 Å². The normalized spacial score (nSPS) is 20.4. The highest BCUT2D eigenvalue weighted by atomic mass is 35.5. The van der Waals surface area contributed by atoms with Crippen LogP contribution in [0, 0.1) is 0 Å². The van der Waals surface area contributed by atoms with Crippen LogP contribution in [-0.2, 0) is 4.74 Å². The highest BCUT2D eigenvalue weighted by Crippen LogP contribution is 2.43. The van der Waals surface area contributed by atoms with E-state index in [4.69, 9.17) is 16.3 Å². The zero-order valence-electron chi connectivity index (χ0n) is 11.7. The lowest BCUT2D eigenvalue weighted by Crippen LogP contribution is -2.34. The van der Waals surface area contributed by atoms with Gasteiger partial charge in [0.2, 0.25) is 5.28 Å². The third-order valence-electron chi connectivity index (χ3n) is 3.44. The highest BCUT2D eigenvalue weighted by molar-refractivity contribution is 6.28. The minimum Gasteiger partial charge on any atom is -0.440 e. The van der Waals surface area contributed by atoms with Gasteiger partial charge in [-0.15, -0.1) is 0 Å². The van der Waals surface area contributed by atoms with Gasteiger partial charge in [-0.05, 0) is 37.1 Å². The fraction of sp³-hybridized carbons (Fsp3) is 0.267. The van der Waals surface area contributed by atoms with Crippen molar-refractivity contribution in [3.63, 3.8) is 0 Å². The Morgan fingerprint density at radius 1 is 1.24 bits per heavy atom. The highest BCUT2D eigenvalue weighted by Gasteiger charge is 2.49. The number of nitrogens with zero attached hydrogens (tertiary/aromatic N) is 3. The van der Waals surface area contributed by atoms with Crippen LogP contribution in [0.3, 0.4) is 0 Å². The van der Waals surface area contributed by atoms with Gasteiger partial charge in [-0.1, -0.05) is 30.3 Å². The molecule has 0 bridgehead atoms. The third-order valence-corrected chi connectivity index (χ3v) is 3.62. The molecule has 1 aliphatic heterocycles. The lowest BCUT2D eigenvalue weighted by atomic mass is 9.91. The smallest absolute Gasteiger partial charge is 0.416 e. The summed E-state index contributed by atoms with van der Waals surface area (Å²) in [7, 11) is 0. The summed E-state index contributed by atoms with van der Waals surface area (Å²) in [6.07, 6.45) is 1.08. The molecule has 0 radical (unpaired) electrons. The fourth-order valence-electron chi connectivity index (χ4n) is 2.62. The zero-order chi connectivity index (χ0) is 15.0. The molecule has 1 aromatic heterocycles. The van der Waals surface area contributed by atoms with Crippen LogP contribution >= 0.6 is 11.6 Å². The van der Waals surface area contributed by atoms with Gasteiger partial charge >= 0.3 is 6.09 Å². The lowest BCUT2D eigenvalue weighted by molar-refractivity contribution is 0.0685. The van der Waals surface area contributed by atoms with E-state index in [9.17, 15) is 4.79 Å². The Bertz CT molecular complexity index is 676. The predicted octanol–water partition coefficient (Wildman–Crippen LogP) is 3.61. The van der Waals surface area contributed by atoms with Crippen molar-refractivity contribution in [2.45, 2.75) is 25.5 Å². The van der Waals surface area contributed by atoms with Gasteiger partial charge in [0, 0.05) is 6.20 Å². The van der Waals surface area contributed by atoms with E-state index in [1.807, 2.05) is 44.2 Å². The summed E-state index contributed by atoms with van der Waals surface area (Å²) < 4.78 is 5.51. The van der Waals surface area contributed by atoms with Gasteiger partial charge in [-0.2, -0.15) is 0 Å². The first-order valence-corrected chi connectivity index (χ1v) is 6.92. The largest absolute Gasteiger partial charge is 0.440 e. The van der Waals surface area contributed by atoms with Crippen LogP contribution < -0.4 is 4.90 Å². The molecule has 0 saturated carbocycles. The number of amides is 1. The van der Waals surface area contributed by atoms with Gasteiger partial charge in [0.25, 0.3) is 0 Å². The molecule has 1 aromatic carbocycles. The Morgan fingerprint density at radius 2 is 1.95 bits per heavy atom. The molecular formula is C15H14ClN3O2. The quantitative estimate of drug-likeness (QED) is 0.795. The molecule has 21 heavy (non-hydrogen) atoms. The van der Waals surface area contributed by atoms with Crippen molar-refractivity contribution in [3.8, 4) is 0 Å². The summed E-state index contributed by atoms with van der Waals surface area (Å²) >= 11 is 5.83. The number of aromatic nitrogens is 2. The molecule has 108 valence electrons. The van der Waals surface area contributed by atoms with Crippen molar-refractivity contribution in [2.24, 2.45) is 0 Å². The maximum atomic E-state index is 12.3. The second-order valence-electron chi connectivity index (χ2n) is 5.34. The zero-order valence-corrected chi connectivity index (χ0v) is 12.4. The van der Waals surface area contributed by atoms with E-state index in [-0.39, 0.29) is 11.3 Å². The van der Waals surface area contributed by atoms with Crippen LogP contribution in [0.1, 0.15) is 25.5 Å². The first-order valence-electron chi connectivity index (χ1n) is 6.55. The first-order chi connectivity index (χ1) is 9.99. The number of anilines is 1. The van der Waals surface area contributed by atoms with Crippen molar-refractivity contribution < 1.29 is 9.53 Å². The number of carbonyl (C=O) groups excluding carboxylic acids is 1. The van der Waals surface area contributed by atoms with Crippen LogP contribution in [0.4, 0.5) is 10.6 Å². The summed E-state index contributed by atoms with van der Waals surface area (Å²) in [5.74, 6) is 0.430. The van der Waals surface area contributed by atoms with Gasteiger partial charge in [0.15, 0.2) is 0 Å². The molecule has 6 heteroatoms. The van der Waals surface area contributed by atoms with Crippen LogP contribution in [0.15, 0.2) is 42.6 Å². The van der Waals surface area contributed by atoms with E-state index in [0.29, 0.717) is 5.82 Å². The summed E-state index contributed by atoms with van der Waals surface area (Å²) in [6.45, 7) is 3.76. The molecule has 1 aliphatic rings. The van der Waals surface area contributed by atoms with Crippen LogP contribution in [0.2, 0.25) is 5.28 Å². The Morgan fingerprint density at radius 3 is 2.62 bits per heavy atom. The van der Waals surface area contributed by atoms with Gasteiger partial charge in [0.05, 0.1) is 0 Å². The number of carbonyl (C=O) groups is 1. The number of rotatable bonds is 2. The van der Waals surface area contributed by atoms with Crippen LogP contribution in [-0.4, -0.2) is 21.7 Å². The van der Waals surface area contributed by atoms with E-state index in [2.05, 4.69) is 9.97 Å². The van der Waals surface area contributed by atoms with Crippen molar-refractivity contribution in [1.29, 1.82) is 0 Å². The Labute approximate surface area is 127 Å². The molecule has 5 nitrogen and oxygen atoms in total. The molecule has 0 spiro atoms. The second-order valence-corrected chi connectivity index (χ2v) is 5.68. The predicted molar refractivity (Wildman–Crippen MR) is 79.3 cm³/mol. The second kappa shape index (κ2) is 5.00. The molecule has 0 unspecified atom stereocenters. The molecule has 0 N–H and O–H groups in total. The SMILES string of the molecule is CC1(C)OC(=O)N(c2ccnc(Cl)n2)[C@@H]1c1ccccc1. The molecule has 2 aromatic rings. The lowest BCUT2D eigenvalue weighted by Gasteiger charge is -2.28. The molecule has 1 atom stereocenters. The molecule has 0 aliphatic carbocycles. The summed E-state index contributed by atoms with van der Waals surface area (Å²) in [4.78, 5) is 21.8. The van der Waals surface area contributed by atoms with E-state index >= 15 is 0 Å². The van der Waals surface area contributed by atoms with E-state index < -0.39 is 11.7 Å². The van der Waals surface area contributed by atoms with Gasteiger partial charge in [-0.3, -0.25) is 0 Å². The average Bonchev–Trinajstić information content (AvgIpc) is 2.69. The summed E-state index contributed by atoms with van der Waals surface area (Å²) in [5.41, 5.74) is 0.304. The van der Waals surface area contributed by atoms with Gasteiger partial charge < -0.3 is 4.74 Å². The third kappa shape index (κ3) is 2.45. The summed E-state index contributed by atoms with van der Waals surface area (Å²) in [6, 6.07) is 11.1. The summed E-state index contributed by atoms with van der Waals surface area (Å²) in [5, 5.41) is 0.0943. The monoisotopic (exact) mass is 303 g/mol. The Balaban J connectivity index is 2.11. The van der Waals surface area contributed by atoms with Gasteiger partial charge in [-0.25, -0.2) is 19.7 Å². The number of halogens is 1. The standard InChI is InChI=1S/C15H14ClN3O2/c1-15(2)12(10-6-4-3-5-7-10)19(14(20)21-15)11-8-9-17-13(16)18-11/h3-9,12H,1-2H3/t12-/m1/s1. The minimum atomic E-state index is -0.671. The van der Waals surface area contributed by atoms with Crippen molar-refractivity contribution in [2.75, 3.05) is 4.90 Å². The maximum Gasteiger partial charge on any atom is 0.416 e. The van der Waals surface area contributed by atoms with E-state index in [1.165, 1.54) is 11.1 Å². The maximum absolute atomic E-state index is 12.3. The van der Waals surface area contributed by atoms with Crippen molar-refractivity contribution in [1.82, 2.24) is 9.97 Å². The molecule has 1 saturated heterocycles. The molecular weight excluding hydrogens is 290 g/mol. The molecule has 1 amide bonds. The Kier molecular flexibility index (Phi) is 3.29. The van der Waals surface area contributed by atoms with E-state index in [0.717, 1.165) is 5.56 Å². The Hall–Kier alpha value is -2.14. The topological polar surface area (TPSA) is 55.3 Å².